The summed E-state index contributed by atoms with van der Waals surface area (Å²) in [6.45, 7) is 5.92. The van der Waals surface area contributed by atoms with Crippen LogP contribution in [0.25, 0.3) is 22.7 Å². The zero-order valence-electron chi connectivity index (χ0n) is 15.4. The number of nitrogens with zero attached hydrogens (tertiary/aromatic N) is 2. The van der Waals surface area contributed by atoms with Gasteiger partial charge in [0.1, 0.15) is 0 Å². The number of nitrogens with one attached hydrogen (secondary N) is 1. The van der Waals surface area contributed by atoms with Crippen LogP contribution in [0.15, 0.2) is 59.1 Å². The van der Waals surface area contributed by atoms with Crippen molar-refractivity contribution in [2.45, 2.75) is 20.8 Å². The van der Waals surface area contributed by atoms with Gasteiger partial charge in [-0.2, -0.15) is 4.98 Å². The van der Waals surface area contributed by atoms with Gasteiger partial charge < -0.3 is 9.73 Å². The minimum Gasteiger partial charge on any atom is -0.434 e. The van der Waals surface area contributed by atoms with Crippen molar-refractivity contribution >= 4 is 22.8 Å². The Balaban J connectivity index is 1.60. The molecule has 0 aliphatic heterocycles. The molecular weight excluding hydrogens is 338 g/mol. The van der Waals surface area contributed by atoms with E-state index in [1.807, 2.05) is 69.3 Å². The molecule has 0 aliphatic carbocycles. The first kappa shape index (κ1) is 17.0. The first-order valence-electron chi connectivity index (χ1n) is 8.72. The summed E-state index contributed by atoms with van der Waals surface area (Å²) >= 11 is 0. The molecule has 0 unspecified atom stereocenters. The molecule has 2 aromatic carbocycles. The Morgan fingerprint density at radius 1 is 1.00 bits per heavy atom. The number of fused-ring (bicyclic) bond motifs is 1. The number of amides is 1. The summed E-state index contributed by atoms with van der Waals surface area (Å²) in [7, 11) is 0. The first-order chi connectivity index (χ1) is 13.0. The molecule has 0 atom stereocenters. The van der Waals surface area contributed by atoms with Gasteiger partial charge in [-0.1, -0.05) is 17.2 Å². The molecule has 0 spiro atoms. The van der Waals surface area contributed by atoms with Crippen LogP contribution in [0.4, 0.5) is 5.69 Å². The number of hydrogen-bond acceptors (Lipinski definition) is 4. The van der Waals surface area contributed by atoms with Crippen LogP contribution < -0.4 is 5.32 Å². The Morgan fingerprint density at radius 3 is 2.48 bits per heavy atom. The zero-order chi connectivity index (χ0) is 19.0. The summed E-state index contributed by atoms with van der Waals surface area (Å²) in [4.78, 5) is 21.2. The molecule has 4 rings (SSSR count). The number of carbonyl (C=O) groups is 1. The van der Waals surface area contributed by atoms with Gasteiger partial charge in [0, 0.05) is 23.0 Å². The van der Waals surface area contributed by atoms with Gasteiger partial charge in [-0.3, -0.25) is 4.79 Å². The predicted octanol–water partition coefficient (Wildman–Crippen LogP) is 5.07. The molecule has 0 saturated heterocycles. The molecule has 5 heteroatoms. The van der Waals surface area contributed by atoms with Gasteiger partial charge in [-0.25, -0.2) is 4.98 Å². The molecular formula is C22H19N3O2. The van der Waals surface area contributed by atoms with Crippen molar-refractivity contribution in [2.24, 2.45) is 0 Å². The van der Waals surface area contributed by atoms with E-state index in [4.69, 9.17) is 4.42 Å². The predicted molar refractivity (Wildman–Crippen MR) is 106 cm³/mol. The fourth-order valence-corrected chi connectivity index (χ4v) is 3.13. The molecule has 1 amide bonds. The monoisotopic (exact) mass is 357 g/mol. The zero-order valence-corrected chi connectivity index (χ0v) is 15.4. The van der Waals surface area contributed by atoms with Gasteiger partial charge in [-0.15, -0.1) is 0 Å². The van der Waals surface area contributed by atoms with Gasteiger partial charge in [0.25, 0.3) is 5.91 Å². The van der Waals surface area contributed by atoms with Gasteiger partial charge in [0.05, 0.1) is 0 Å². The molecule has 0 fully saturated rings. The molecule has 2 heterocycles. The van der Waals surface area contributed by atoms with Crippen LogP contribution in [0.3, 0.4) is 0 Å². The lowest BCUT2D eigenvalue weighted by molar-refractivity contribution is 0.102. The Morgan fingerprint density at radius 2 is 1.78 bits per heavy atom. The Labute approximate surface area is 157 Å². The van der Waals surface area contributed by atoms with E-state index in [0.29, 0.717) is 22.7 Å². The van der Waals surface area contributed by atoms with Crippen LogP contribution >= 0.6 is 0 Å². The van der Waals surface area contributed by atoms with Crippen molar-refractivity contribution in [3.8, 4) is 11.5 Å². The smallest absolute Gasteiger partial charge is 0.255 e. The standard InChI is InChI=1S/C22H19N3O2/c1-13-9-14(2)11-17(10-13)21(26)24-18-7-6-16(12-15(18)3)22-25-20-19(27-22)5-4-8-23-20/h4-12H,1-3H3,(H,24,26). The lowest BCUT2D eigenvalue weighted by Gasteiger charge is -2.10. The van der Waals surface area contributed by atoms with E-state index in [2.05, 4.69) is 15.3 Å². The van der Waals surface area contributed by atoms with Crippen LogP contribution in [-0.4, -0.2) is 15.9 Å². The second-order valence-corrected chi connectivity index (χ2v) is 6.70. The van der Waals surface area contributed by atoms with E-state index in [1.54, 1.807) is 6.20 Å². The van der Waals surface area contributed by atoms with Crippen molar-refractivity contribution < 1.29 is 9.21 Å². The molecule has 0 bridgehead atoms. The van der Waals surface area contributed by atoms with Crippen LogP contribution in [0.5, 0.6) is 0 Å². The van der Waals surface area contributed by atoms with E-state index in [0.717, 1.165) is 27.9 Å². The number of aromatic nitrogens is 2. The second-order valence-electron chi connectivity index (χ2n) is 6.70. The summed E-state index contributed by atoms with van der Waals surface area (Å²) < 4.78 is 5.76. The van der Waals surface area contributed by atoms with Crippen molar-refractivity contribution in [3.05, 3.63) is 77.0 Å². The highest BCUT2D eigenvalue weighted by Crippen LogP contribution is 2.27. The summed E-state index contributed by atoms with van der Waals surface area (Å²) in [6.07, 6.45) is 1.69. The quantitative estimate of drug-likeness (QED) is 0.556. The third kappa shape index (κ3) is 3.44. The maximum Gasteiger partial charge on any atom is 0.255 e. The van der Waals surface area contributed by atoms with Crippen molar-refractivity contribution in [1.82, 2.24) is 9.97 Å². The molecule has 5 nitrogen and oxygen atoms in total. The fourth-order valence-electron chi connectivity index (χ4n) is 3.13. The Kier molecular flexibility index (Phi) is 4.20. The van der Waals surface area contributed by atoms with E-state index >= 15 is 0 Å². The highest BCUT2D eigenvalue weighted by molar-refractivity contribution is 6.05. The van der Waals surface area contributed by atoms with Crippen LogP contribution in [0.1, 0.15) is 27.0 Å². The number of benzene rings is 2. The van der Waals surface area contributed by atoms with E-state index < -0.39 is 0 Å². The topological polar surface area (TPSA) is 68.0 Å². The second kappa shape index (κ2) is 6.68. The number of anilines is 1. The van der Waals surface area contributed by atoms with Crippen molar-refractivity contribution in [3.63, 3.8) is 0 Å². The molecule has 0 aliphatic rings. The Bertz CT molecular complexity index is 1110. The highest BCUT2D eigenvalue weighted by Gasteiger charge is 2.12. The van der Waals surface area contributed by atoms with E-state index in [9.17, 15) is 4.79 Å². The van der Waals surface area contributed by atoms with Crippen LogP contribution in [0, 0.1) is 20.8 Å². The fraction of sp³-hybridized carbons (Fsp3) is 0.136. The summed E-state index contributed by atoms with van der Waals surface area (Å²) in [5.74, 6) is 0.391. The Hall–Kier alpha value is -3.47. The molecule has 2 aromatic heterocycles. The molecule has 27 heavy (non-hydrogen) atoms. The normalized spacial score (nSPS) is 10.9. The maximum absolute atomic E-state index is 12.6. The van der Waals surface area contributed by atoms with Gasteiger partial charge in [0.15, 0.2) is 11.2 Å². The van der Waals surface area contributed by atoms with Gasteiger partial charge in [-0.05, 0) is 68.8 Å². The maximum atomic E-state index is 12.6. The number of carbonyl (C=O) groups excluding carboxylic acids is 1. The number of oxazole rings is 1. The SMILES string of the molecule is Cc1cc(C)cc(C(=O)Nc2ccc(-c3nc4ncccc4o3)cc2C)c1. The minimum atomic E-state index is -0.122. The van der Waals surface area contributed by atoms with Gasteiger partial charge >= 0.3 is 0 Å². The van der Waals surface area contributed by atoms with Crippen molar-refractivity contribution in [1.29, 1.82) is 0 Å². The lowest BCUT2D eigenvalue weighted by atomic mass is 10.1. The molecule has 4 aromatic rings. The molecule has 1 N–H and O–H groups in total. The molecule has 134 valence electrons. The first-order valence-corrected chi connectivity index (χ1v) is 8.72. The summed E-state index contributed by atoms with van der Waals surface area (Å²) in [6, 6.07) is 15.2. The van der Waals surface area contributed by atoms with Crippen LogP contribution in [0.2, 0.25) is 0 Å². The number of pyridine rings is 1. The van der Waals surface area contributed by atoms with Crippen molar-refractivity contribution in [2.75, 3.05) is 5.32 Å². The third-order valence-electron chi connectivity index (χ3n) is 4.37. The van der Waals surface area contributed by atoms with Gasteiger partial charge in [0.2, 0.25) is 5.89 Å². The summed E-state index contributed by atoms with van der Waals surface area (Å²) in [5, 5.41) is 2.98. The minimum absolute atomic E-state index is 0.122. The van der Waals surface area contributed by atoms with E-state index in [-0.39, 0.29) is 5.91 Å². The van der Waals surface area contributed by atoms with E-state index in [1.165, 1.54) is 0 Å². The summed E-state index contributed by atoms with van der Waals surface area (Å²) in [5.41, 5.74) is 6.55. The molecule has 0 saturated carbocycles. The third-order valence-corrected chi connectivity index (χ3v) is 4.37. The average molecular weight is 357 g/mol. The number of rotatable bonds is 3. The molecule has 0 radical (unpaired) electrons. The lowest BCUT2D eigenvalue weighted by Crippen LogP contribution is -2.13. The number of hydrogen-bond donors (Lipinski definition) is 1. The highest BCUT2D eigenvalue weighted by atomic mass is 16.3. The number of aryl methyl sites for hydroxylation is 3. The average Bonchev–Trinajstić information content (AvgIpc) is 3.06. The van der Waals surface area contributed by atoms with Crippen LogP contribution in [-0.2, 0) is 0 Å². The largest absolute Gasteiger partial charge is 0.434 e.